The molecule has 7 nitrogen and oxygen atoms in total. The van der Waals surface area contributed by atoms with Crippen LogP contribution in [-0.2, 0) is 0 Å². The van der Waals surface area contributed by atoms with Gasteiger partial charge in [-0.1, -0.05) is 23.5 Å². The average Bonchev–Trinajstić information content (AvgIpc) is 3.29. The first kappa shape index (κ1) is 17.4. The van der Waals surface area contributed by atoms with Gasteiger partial charge < -0.3 is 15.3 Å². The molecule has 0 radical (unpaired) electrons. The molecule has 0 aliphatic carbocycles. The Morgan fingerprint density at radius 2 is 1.96 bits per heavy atom. The Morgan fingerprint density at radius 3 is 2.67 bits per heavy atom. The number of thiazole rings is 1. The van der Waals surface area contributed by atoms with E-state index in [0.29, 0.717) is 11.6 Å². The van der Waals surface area contributed by atoms with E-state index in [0.717, 1.165) is 25.9 Å². The molecule has 3 heterocycles. The summed E-state index contributed by atoms with van der Waals surface area (Å²) in [5, 5.41) is 22.4. The van der Waals surface area contributed by atoms with Crippen LogP contribution < -0.4 is 10.2 Å². The predicted molar refractivity (Wildman–Crippen MR) is 109 cm³/mol. The lowest BCUT2D eigenvalue weighted by molar-refractivity contribution is 0.0702. The van der Waals surface area contributed by atoms with Crippen LogP contribution in [0, 0.1) is 6.92 Å². The molecule has 27 heavy (non-hydrogen) atoms. The van der Waals surface area contributed by atoms with Crippen LogP contribution in [0.15, 0.2) is 42.5 Å². The summed E-state index contributed by atoms with van der Waals surface area (Å²) in [5.41, 5.74) is 1.86. The van der Waals surface area contributed by atoms with Gasteiger partial charge in [-0.2, -0.15) is 0 Å². The van der Waals surface area contributed by atoms with Gasteiger partial charge in [0.15, 0.2) is 16.8 Å². The van der Waals surface area contributed by atoms with Crippen molar-refractivity contribution >= 4 is 60.6 Å². The van der Waals surface area contributed by atoms with Crippen molar-refractivity contribution < 1.29 is 9.90 Å². The van der Waals surface area contributed by atoms with Crippen molar-refractivity contribution in [2.45, 2.75) is 6.92 Å². The number of aryl methyl sites for hydroxylation is 1. The van der Waals surface area contributed by atoms with Crippen LogP contribution in [0.3, 0.4) is 0 Å². The van der Waals surface area contributed by atoms with Crippen LogP contribution in [0.5, 0.6) is 0 Å². The number of benzene rings is 1. The van der Waals surface area contributed by atoms with E-state index in [-0.39, 0.29) is 4.88 Å². The van der Waals surface area contributed by atoms with E-state index in [9.17, 15) is 4.79 Å². The third kappa shape index (κ3) is 3.46. The number of anilines is 4. The lowest BCUT2D eigenvalue weighted by Crippen LogP contribution is -2.11. The fourth-order valence-electron chi connectivity index (χ4n) is 2.52. The number of aromatic carboxylic acids is 1. The Kier molecular flexibility index (Phi) is 4.46. The molecule has 1 aromatic carbocycles. The Bertz CT molecular complexity index is 1100. The Balaban J connectivity index is 1.57. The maximum atomic E-state index is 11.1. The Labute approximate surface area is 162 Å². The maximum Gasteiger partial charge on any atom is 0.345 e. The lowest BCUT2D eigenvalue weighted by atomic mass is 10.3. The smallest absolute Gasteiger partial charge is 0.345 e. The van der Waals surface area contributed by atoms with E-state index in [4.69, 9.17) is 5.11 Å². The van der Waals surface area contributed by atoms with Crippen molar-refractivity contribution in [1.29, 1.82) is 0 Å². The number of hydrogen-bond acceptors (Lipinski definition) is 8. The first-order valence-corrected chi connectivity index (χ1v) is 9.68. The molecule has 2 N–H and O–H groups in total. The molecule has 0 aliphatic heterocycles. The van der Waals surface area contributed by atoms with Gasteiger partial charge in [0, 0.05) is 7.05 Å². The van der Waals surface area contributed by atoms with Crippen LogP contribution in [-0.4, -0.2) is 33.3 Å². The zero-order chi connectivity index (χ0) is 19.0. The number of carboxylic acid groups (broad SMARTS) is 1. The highest BCUT2D eigenvalue weighted by Gasteiger charge is 2.14. The summed E-state index contributed by atoms with van der Waals surface area (Å²) in [7, 11) is 1.83. The molecular weight excluding hydrogens is 382 g/mol. The molecule has 0 bridgehead atoms. The quantitative estimate of drug-likeness (QED) is 0.506. The van der Waals surface area contributed by atoms with Crippen LogP contribution in [0.25, 0.3) is 10.2 Å². The van der Waals surface area contributed by atoms with Crippen LogP contribution >= 0.6 is 22.7 Å². The molecule has 0 saturated heterocycles. The van der Waals surface area contributed by atoms with Crippen molar-refractivity contribution in [3.05, 3.63) is 52.9 Å². The highest BCUT2D eigenvalue weighted by molar-refractivity contribution is 7.22. The zero-order valence-electron chi connectivity index (χ0n) is 14.5. The minimum Gasteiger partial charge on any atom is -0.477 e. The van der Waals surface area contributed by atoms with Crippen LogP contribution in [0.1, 0.15) is 15.2 Å². The number of fused-ring (bicyclic) bond motifs is 1. The molecule has 9 heteroatoms. The summed E-state index contributed by atoms with van der Waals surface area (Å²) in [6.07, 6.45) is 0. The second-order valence-electron chi connectivity index (χ2n) is 5.85. The fourth-order valence-corrected chi connectivity index (χ4v) is 4.20. The van der Waals surface area contributed by atoms with Gasteiger partial charge in [-0.15, -0.1) is 21.5 Å². The van der Waals surface area contributed by atoms with Crippen molar-refractivity contribution in [2.75, 3.05) is 17.3 Å². The summed E-state index contributed by atoms with van der Waals surface area (Å²) >= 11 is 2.75. The van der Waals surface area contributed by atoms with E-state index < -0.39 is 5.97 Å². The van der Waals surface area contributed by atoms with E-state index in [1.165, 1.54) is 11.3 Å². The first-order chi connectivity index (χ1) is 13.0. The largest absolute Gasteiger partial charge is 0.477 e. The van der Waals surface area contributed by atoms with Gasteiger partial charge in [0.25, 0.3) is 0 Å². The van der Waals surface area contributed by atoms with Crippen LogP contribution in [0.2, 0.25) is 0 Å². The highest BCUT2D eigenvalue weighted by atomic mass is 32.1. The molecule has 0 unspecified atom stereocenters. The molecule has 0 saturated carbocycles. The third-order valence-corrected chi connectivity index (χ3v) is 6.07. The normalized spacial score (nSPS) is 10.9. The molecule has 0 aliphatic rings. The van der Waals surface area contributed by atoms with E-state index in [1.807, 2.05) is 49.2 Å². The number of hydrogen-bond donors (Lipinski definition) is 2. The van der Waals surface area contributed by atoms with Gasteiger partial charge in [-0.25, -0.2) is 9.78 Å². The second kappa shape index (κ2) is 6.93. The first-order valence-electron chi connectivity index (χ1n) is 8.05. The van der Waals surface area contributed by atoms with Gasteiger partial charge in [0.05, 0.1) is 15.2 Å². The number of aromatic nitrogens is 3. The molecule has 136 valence electrons. The summed E-state index contributed by atoms with van der Waals surface area (Å²) in [6, 6.07) is 13.2. The predicted octanol–water partition coefficient (Wildman–Crippen LogP) is 4.67. The minimum absolute atomic E-state index is 0.288. The van der Waals surface area contributed by atoms with Gasteiger partial charge in [-0.05, 0) is 42.8 Å². The van der Waals surface area contributed by atoms with E-state index in [2.05, 4.69) is 20.5 Å². The second-order valence-corrected chi connectivity index (χ2v) is 7.94. The SMILES string of the molecule is Cc1cc(N(C)c2ccc(C(=O)O)s2)nnc1Nc1nc2ccccc2s1. The highest BCUT2D eigenvalue weighted by Crippen LogP contribution is 2.32. The number of carboxylic acids is 1. The number of nitrogens with one attached hydrogen (secondary N) is 1. The lowest BCUT2D eigenvalue weighted by Gasteiger charge is -2.16. The number of para-hydroxylation sites is 1. The number of rotatable bonds is 5. The average molecular weight is 397 g/mol. The molecule has 4 rings (SSSR count). The molecule has 0 fully saturated rings. The Hall–Kier alpha value is -3.04. The van der Waals surface area contributed by atoms with Crippen molar-refractivity contribution in [2.24, 2.45) is 0 Å². The summed E-state index contributed by atoms with van der Waals surface area (Å²) in [4.78, 5) is 17.7. The van der Waals surface area contributed by atoms with Gasteiger partial charge in [0.1, 0.15) is 4.88 Å². The molecule has 4 aromatic rings. The summed E-state index contributed by atoms with van der Waals surface area (Å²) in [6.45, 7) is 1.94. The molecular formula is C18H15N5O2S2. The standard InChI is InChI=1S/C18H15N5O2S2/c1-10-9-14(23(2)15-8-7-13(26-15)17(24)25)21-22-16(10)20-18-19-11-5-3-4-6-12(11)27-18/h3-9H,1-2H3,(H,24,25)(H,19,20,22). The van der Waals surface area contributed by atoms with Gasteiger partial charge in [-0.3, -0.25) is 0 Å². The maximum absolute atomic E-state index is 11.1. The molecule has 0 amide bonds. The van der Waals surface area contributed by atoms with Crippen molar-refractivity contribution in [3.63, 3.8) is 0 Å². The van der Waals surface area contributed by atoms with Crippen LogP contribution in [0.4, 0.5) is 21.8 Å². The zero-order valence-corrected chi connectivity index (χ0v) is 16.1. The monoisotopic (exact) mass is 397 g/mol. The molecule has 0 spiro atoms. The number of nitrogens with zero attached hydrogens (tertiary/aromatic N) is 4. The van der Waals surface area contributed by atoms with E-state index in [1.54, 1.807) is 23.5 Å². The molecule has 3 aromatic heterocycles. The third-order valence-electron chi connectivity index (χ3n) is 3.97. The Morgan fingerprint density at radius 1 is 1.15 bits per heavy atom. The van der Waals surface area contributed by atoms with Gasteiger partial charge >= 0.3 is 5.97 Å². The van der Waals surface area contributed by atoms with Gasteiger partial charge in [0.2, 0.25) is 0 Å². The summed E-state index contributed by atoms with van der Waals surface area (Å²) < 4.78 is 1.11. The number of carbonyl (C=O) groups is 1. The minimum atomic E-state index is -0.933. The number of thiophene rings is 1. The summed E-state index contributed by atoms with van der Waals surface area (Å²) in [5.74, 6) is 0.349. The van der Waals surface area contributed by atoms with E-state index >= 15 is 0 Å². The molecule has 0 atom stereocenters. The van der Waals surface area contributed by atoms with Crippen molar-refractivity contribution in [1.82, 2.24) is 15.2 Å². The topological polar surface area (TPSA) is 91.2 Å². The van der Waals surface area contributed by atoms with Crippen molar-refractivity contribution in [3.8, 4) is 0 Å². The fraction of sp³-hybridized carbons (Fsp3) is 0.111.